The van der Waals surface area contributed by atoms with Crippen molar-refractivity contribution in [3.8, 4) is 0 Å². The number of nitrogens with zero attached hydrogens (tertiary/aromatic N) is 5. The molecule has 0 bridgehead atoms. The number of amides is 2. The Labute approximate surface area is 142 Å². The lowest BCUT2D eigenvalue weighted by Crippen LogP contribution is -2.41. The Balaban J connectivity index is 1.56. The first kappa shape index (κ1) is 16.4. The zero-order valence-corrected chi connectivity index (χ0v) is 14.4. The van der Waals surface area contributed by atoms with Gasteiger partial charge in [0, 0.05) is 31.2 Å². The lowest BCUT2D eigenvalue weighted by molar-refractivity contribution is 0.180. The molecule has 128 valence electrons. The molecule has 2 aromatic rings. The first-order valence-corrected chi connectivity index (χ1v) is 8.42. The number of urea groups is 1. The highest BCUT2D eigenvalue weighted by Gasteiger charge is 2.24. The van der Waals surface area contributed by atoms with Crippen LogP contribution in [0.3, 0.4) is 0 Å². The van der Waals surface area contributed by atoms with Crippen molar-refractivity contribution in [3.63, 3.8) is 0 Å². The van der Waals surface area contributed by atoms with Crippen LogP contribution in [0.1, 0.15) is 49.9 Å². The second-order valence-corrected chi connectivity index (χ2v) is 6.61. The highest BCUT2D eigenvalue weighted by atomic mass is 16.2. The molecule has 1 saturated heterocycles. The summed E-state index contributed by atoms with van der Waals surface area (Å²) in [6, 6.07) is 2.10. The standard InChI is InChI=1S/C17H24N6O/c1-12(2)15-4-7-18-16(20-15)21-17(24)22-8-5-14(6-9-22)23-11-13(3)10-19-23/h4,7,10-12,14H,5-6,8-9H2,1-3H3,(H,18,20,21,24). The third-order valence-electron chi connectivity index (χ3n) is 4.34. The van der Waals surface area contributed by atoms with E-state index in [9.17, 15) is 4.79 Å². The number of carbonyl (C=O) groups is 1. The molecule has 0 aromatic carbocycles. The van der Waals surface area contributed by atoms with Crippen molar-refractivity contribution < 1.29 is 4.79 Å². The number of rotatable bonds is 3. The summed E-state index contributed by atoms with van der Waals surface area (Å²) in [7, 11) is 0. The summed E-state index contributed by atoms with van der Waals surface area (Å²) in [5.74, 6) is 0.674. The van der Waals surface area contributed by atoms with Crippen LogP contribution in [-0.4, -0.2) is 43.8 Å². The van der Waals surface area contributed by atoms with E-state index in [4.69, 9.17) is 0 Å². The highest BCUT2D eigenvalue weighted by Crippen LogP contribution is 2.22. The average molecular weight is 328 g/mol. The third-order valence-corrected chi connectivity index (χ3v) is 4.34. The summed E-state index contributed by atoms with van der Waals surface area (Å²) in [4.78, 5) is 22.8. The lowest BCUT2D eigenvalue weighted by atomic mass is 10.1. The molecule has 24 heavy (non-hydrogen) atoms. The first-order valence-electron chi connectivity index (χ1n) is 8.42. The van der Waals surface area contributed by atoms with E-state index in [-0.39, 0.29) is 6.03 Å². The fourth-order valence-electron chi connectivity index (χ4n) is 2.90. The molecular formula is C17H24N6O. The molecule has 0 radical (unpaired) electrons. The number of carbonyl (C=O) groups excluding carboxylic acids is 1. The molecule has 1 fully saturated rings. The van der Waals surface area contributed by atoms with Crippen LogP contribution in [0.5, 0.6) is 0 Å². The van der Waals surface area contributed by atoms with Gasteiger partial charge in [-0.2, -0.15) is 5.10 Å². The number of aryl methyl sites for hydroxylation is 1. The van der Waals surface area contributed by atoms with Gasteiger partial charge in [0.15, 0.2) is 0 Å². The van der Waals surface area contributed by atoms with Crippen molar-refractivity contribution in [2.45, 2.75) is 45.6 Å². The summed E-state index contributed by atoms with van der Waals surface area (Å²) in [5, 5.41) is 7.19. The van der Waals surface area contributed by atoms with Crippen molar-refractivity contribution in [2.75, 3.05) is 18.4 Å². The van der Waals surface area contributed by atoms with Crippen LogP contribution >= 0.6 is 0 Å². The Morgan fingerprint density at radius 3 is 2.71 bits per heavy atom. The fraction of sp³-hybridized carbons (Fsp3) is 0.529. The minimum absolute atomic E-state index is 0.133. The maximum Gasteiger partial charge on any atom is 0.324 e. The first-order chi connectivity index (χ1) is 11.5. The molecule has 1 aliphatic heterocycles. The van der Waals surface area contributed by atoms with Crippen molar-refractivity contribution in [1.82, 2.24) is 24.6 Å². The van der Waals surface area contributed by atoms with Gasteiger partial charge in [0.05, 0.1) is 12.2 Å². The van der Waals surface area contributed by atoms with E-state index in [0.717, 1.165) is 24.1 Å². The Kier molecular flexibility index (Phi) is 4.78. The number of hydrogen-bond acceptors (Lipinski definition) is 4. The fourth-order valence-corrected chi connectivity index (χ4v) is 2.90. The quantitative estimate of drug-likeness (QED) is 0.940. The minimum atomic E-state index is -0.133. The van der Waals surface area contributed by atoms with E-state index in [1.807, 2.05) is 28.8 Å². The van der Waals surface area contributed by atoms with Crippen LogP contribution in [0.2, 0.25) is 0 Å². The zero-order valence-electron chi connectivity index (χ0n) is 14.4. The smallest absolute Gasteiger partial charge is 0.324 e. The van der Waals surface area contributed by atoms with Crippen LogP contribution in [0.15, 0.2) is 24.7 Å². The maximum atomic E-state index is 12.4. The monoisotopic (exact) mass is 328 g/mol. The molecule has 7 nitrogen and oxygen atoms in total. The highest BCUT2D eigenvalue weighted by molar-refractivity contribution is 5.87. The van der Waals surface area contributed by atoms with Crippen LogP contribution in [0.25, 0.3) is 0 Å². The van der Waals surface area contributed by atoms with Gasteiger partial charge in [-0.1, -0.05) is 13.8 Å². The van der Waals surface area contributed by atoms with Crippen molar-refractivity contribution >= 4 is 12.0 Å². The number of nitrogens with one attached hydrogen (secondary N) is 1. The molecule has 0 saturated carbocycles. The largest absolute Gasteiger partial charge is 0.324 e. The second-order valence-electron chi connectivity index (χ2n) is 6.61. The number of piperidine rings is 1. The molecule has 0 spiro atoms. The second kappa shape index (κ2) is 6.98. The van der Waals surface area contributed by atoms with Gasteiger partial charge in [-0.25, -0.2) is 14.8 Å². The normalized spacial score (nSPS) is 15.8. The van der Waals surface area contributed by atoms with E-state index in [0.29, 0.717) is 31.0 Å². The molecule has 1 aliphatic rings. The van der Waals surface area contributed by atoms with Crippen molar-refractivity contribution in [3.05, 3.63) is 35.9 Å². The molecule has 0 atom stereocenters. The van der Waals surface area contributed by atoms with E-state index < -0.39 is 0 Å². The zero-order chi connectivity index (χ0) is 17.1. The number of anilines is 1. The summed E-state index contributed by atoms with van der Waals surface area (Å²) in [5.41, 5.74) is 2.09. The minimum Gasteiger partial charge on any atom is -0.324 e. The lowest BCUT2D eigenvalue weighted by Gasteiger charge is -2.31. The molecule has 3 rings (SSSR count). The SMILES string of the molecule is Cc1cnn(C2CCN(C(=O)Nc3nccc(C(C)C)n3)CC2)c1. The molecule has 2 amide bonds. The van der Waals surface area contributed by atoms with E-state index >= 15 is 0 Å². The third kappa shape index (κ3) is 3.72. The Hall–Kier alpha value is -2.44. The van der Waals surface area contributed by atoms with Gasteiger partial charge in [-0.3, -0.25) is 10.00 Å². The van der Waals surface area contributed by atoms with Crippen molar-refractivity contribution in [1.29, 1.82) is 0 Å². The van der Waals surface area contributed by atoms with Gasteiger partial charge in [-0.05, 0) is 37.3 Å². The molecule has 0 aliphatic carbocycles. The van der Waals surface area contributed by atoms with Crippen LogP contribution < -0.4 is 5.32 Å². The molecule has 7 heteroatoms. The molecule has 1 N–H and O–H groups in total. The van der Waals surface area contributed by atoms with E-state index in [2.05, 4.69) is 40.4 Å². The average Bonchev–Trinajstić information content (AvgIpc) is 3.01. The maximum absolute atomic E-state index is 12.4. The molecule has 3 heterocycles. The van der Waals surface area contributed by atoms with E-state index in [1.165, 1.54) is 0 Å². The van der Waals surface area contributed by atoms with Gasteiger partial charge < -0.3 is 4.90 Å². The van der Waals surface area contributed by atoms with Gasteiger partial charge in [0.25, 0.3) is 0 Å². The summed E-state index contributed by atoms with van der Waals surface area (Å²) >= 11 is 0. The van der Waals surface area contributed by atoms with Crippen LogP contribution in [0, 0.1) is 6.92 Å². The summed E-state index contributed by atoms with van der Waals surface area (Å²) in [6.07, 6.45) is 7.43. The van der Waals surface area contributed by atoms with Crippen LogP contribution in [-0.2, 0) is 0 Å². The molecule has 2 aromatic heterocycles. The molecular weight excluding hydrogens is 304 g/mol. The Bertz CT molecular complexity index is 703. The summed E-state index contributed by atoms with van der Waals surface area (Å²) < 4.78 is 2.01. The number of likely N-dealkylation sites (tertiary alicyclic amines) is 1. The molecule has 0 unspecified atom stereocenters. The van der Waals surface area contributed by atoms with Gasteiger partial charge in [0.2, 0.25) is 5.95 Å². The van der Waals surface area contributed by atoms with Gasteiger partial charge >= 0.3 is 6.03 Å². The topological polar surface area (TPSA) is 75.9 Å². The van der Waals surface area contributed by atoms with Crippen LogP contribution in [0.4, 0.5) is 10.7 Å². The Morgan fingerprint density at radius 1 is 1.33 bits per heavy atom. The Morgan fingerprint density at radius 2 is 2.08 bits per heavy atom. The van der Waals surface area contributed by atoms with Crippen molar-refractivity contribution in [2.24, 2.45) is 0 Å². The predicted molar refractivity (Wildman–Crippen MR) is 91.9 cm³/mol. The van der Waals surface area contributed by atoms with E-state index in [1.54, 1.807) is 6.20 Å². The number of hydrogen-bond donors (Lipinski definition) is 1. The van der Waals surface area contributed by atoms with Gasteiger partial charge in [0.1, 0.15) is 0 Å². The number of aromatic nitrogens is 4. The summed E-state index contributed by atoms with van der Waals surface area (Å²) in [6.45, 7) is 7.58. The predicted octanol–water partition coefficient (Wildman–Crippen LogP) is 2.97. The van der Waals surface area contributed by atoms with Gasteiger partial charge in [-0.15, -0.1) is 0 Å².